The molecule has 1 aliphatic rings. The maximum Gasteiger partial charge on any atom is 0.245 e. The van der Waals surface area contributed by atoms with Gasteiger partial charge in [-0.3, -0.25) is 14.4 Å². The van der Waals surface area contributed by atoms with Gasteiger partial charge in [0.15, 0.2) is 0 Å². The van der Waals surface area contributed by atoms with Crippen LogP contribution in [0.4, 0.5) is 0 Å². The molecule has 0 aromatic carbocycles. The molecule has 0 saturated carbocycles. The van der Waals surface area contributed by atoms with Crippen molar-refractivity contribution in [1.82, 2.24) is 20.4 Å². The summed E-state index contributed by atoms with van der Waals surface area (Å²) in [5.41, 5.74) is 0. The Morgan fingerprint density at radius 2 is 1.60 bits per heavy atom. The van der Waals surface area contributed by atoms with E-state index in [0.717, 1.165) is 25.5 Å². The summed E-state index contributed by atoms with van der Waals surface area (Å²) in [6, 6.07) is -1.70. The van der Waals surface area contributed by atoms with E-state index in [1.807, 2.05) is 60.3 Å². The van der Waals surface area contributed by atoms with Crippen molar-refractivity contribution in [2.24, 2.45) is 23.7 Å². The Balaban J connectivity index is -0.00000411. The lowest BCUT2D eigenvalue weighted by Crippen LogP contribution is -2.59. The number of ether oxygens (including phenoxy) is 2. The largest absolute Gasteiger partial charge is 0.379 e. The zero-order chi connectivity index (χ0) is 32.7. The van der Waals surface area contributed by atoms with Crippen molar-refractivity contribution >= 4 is 24.0 Å². The zero-order valence-corrected chi connectivity index (χ0v) is 28.7. The summed E-state index contributed by atoms with van der Waals surface area (Å²) in [5, 5.41) is 6.01. The maximum absolute atomic E-state index is 13.9. The van der Waals surface area contributed by atoms with E-state index >= 15 is 0 Å². The van der Waals surface area contributed by atoms with Gasteiger partial charge in [-0.2, -0.15) is 0 Å². The zero-order valence-electron chi connectivity index (χ0n) is 28.7. The van der Waals surface area contributed by atoms with E-state index in [4.69, 9.17) is 9.47 Å². The Morgan fingerprint density at radius 1 is 1.02 bits per heavy atom. The van der Waals surface area contributed by atoms with Crippen molar-refractivity contribution in [1.29, 1.82) is 0 Å². The number of hydrogen-bond donors (Lipinski definition) is 2. The molecule has 2 N–H and O–H groups in total. The van der Waals surface area contributed by atoms with Crippen molar-refractivity contribution in [3.63, 3.8) is 0 Å². The quantitative estimate of drug-likeness (QED) is 0.242. The van der Waals surface area contributed by atoms with E-state index in [1.54, 1.807) is 33.2 Å². The van der Waals surface area contributed by atoms with E-state index < -0.39 is 18.2 Å². The van der Waals surface area contributed by atoms with E-state index in [2.05, 4.69) is 17.6 Å². The highest BCUT2D eigenvalue weighted by molar-refractivity contribution is 5.90. The second-order valence-electron chi connectivity index (χ2n) is 12.0. The van der Waals surface area contributed by atoms with Crippen LogP contribution in [0.15, 0.2) is 0 Å². The van der Waals surface area contributed by atoms with Crippen LogP contribution in [-0.2, 0) is 28.7 Å². The summed E-state index contributed by atoms with van der Waals surface area (Å²) < 4.78 is 11.6. The van der Waals surface area contributed by atoms with E-state index in [1.165, 1.54) is 0 Å². The second kappa shape index (κ2) is 20.0. The van der Waals surface area contributed by atoms with Crippen molar-refractivity contribution in [2.75, 3.05) is 34.9 Å². The summed E-state index contributed by atoms with van der Waals surface area (Å²) >= 11 is 0. The van der Waals surface area contributed by atoms with Crippen molar-refractivity contribution in [3.8, 4) is 0 Å². The number of likely N-dealkylation sites (N-methyl/N-ethyl adjacent to an activating group) is 2. The number of nitrogens with zero attached hydrogens (tertiary/aromatic N) is 2. The highest BCUT2D eigenvalue weighted by atomic mass is 16.5. The molecule has 0 bridgehead atoms. The van der Waals surface area contributed by atoms with Crippen LogP contribution < -0.4 is 10.6 Å². The second-order valence-corrected chi connectivity index (χ2v) is 12.0. The lowest BCUT2D eigenvalue weighted by atomic mass is 9.89. The smallest absolute Gasteiger partial charge is 0.245 e. The fourth-order valence-electron chi connectivity index (χ4n) is 6.01. The fourth-order valence-corrected chi connectivity index (χ4v) is 6.01. The summed E-state index contributed by atoms with van der Waals surface area (Å²) in [6.07, 6.45) is 2.43. The molecule has 250 valence electrons. The molecular formula is C32H66N4O6. The minimum Gasteiger partial charge on any atom is -0.379 e. The van der Waals surface area contributed by atoms with Crippen LogP contribution in [0.3, 0.4) is 0 Å². The first kappa shape index (κ1) is 40.0. The van der Waals surface area contributed by atoms with Crippen molar-refractivity contribution in [2.45, 2.75) is 124 Å². The molecule has 1 saturated heterocycles. The SMILES string of the molecule is CC.CCC(C)[C@@H]([C@@H](CC(=O)N1CCC[C@H]1[C@H](OC)[C@@H](C)C=O)OC)N(C)C(=O)[C@@H](NC(=O)[C@@H](NC)C(C)C)C(C)C.[HH].[HH]. The molecule has 3 amide bonds. The topological polar surface area (TPSA) is 117 Å². The Kier molecular flexibility index (Phi) is 19.0. The number of aldehydes is 1. The molecule has 0 aliphatic carbocycles. The van der Waals surface area contributed by atoms with E-state index in [9.17, 15) is 19.2 Å². The number of rotatable bonds is 17. The van der Waals surface area contributed by atoms with Gasteiger partial charge in [0.25, 0.3) is 0 Å². The standard InChI is InChI=1S/C30H56N4O6.C2H6.2H2/c1-12-20(6)27(33(9)30(38)26(19(4)5)32-29(37)25(31-8)18(2)3)23(39-10)16-24(36)34-15-13-14-22(34)28(40-11)21(7)17-35;1-2;;/h17-23,25-28,31H,12-16H2,1-11H3,(H,32,37);1-2H3;2*1H/t20?,21-,22-,23+,25-,26-,27-,28+;;;/m0.../s1. The number of nitrogens with one attached hydrogen (secondary N) is 2. The van der Waals surface area contributed by atoms with Crippen LogP contribution in [0.5, 0.6) is 0 Å². The Labute approximate surface area is 259 Å². The number of likely N-dealkylation sites (tertiary alicyclic amines) is 1. The molecule has 0 aromatic rings. The van der Waals surface area contributed by atoms with Gasteiger partial charge in [0, 0.05) is 36.6 Å². The Hall–Kier alpha value is -2.04. The van der Waals surface area contributed by atoms with Gasteiger partial charge in [-0.05, 0) is 37.6 Å². The predicted octanol–water partition coefficient (Wildman–Crippen LogP) is 4.01. The summed E-state index contributed by atoms with van der Waals surface area (Å²) in [6.45, 7) is 18.2. The number of hydrogen-bond acceptors (Lipinski definition) is 7. The monoisotopic (exact) mass is 602 g/mol. The van der Waals surface area contributed by atoms with E-state index in [-0.39, 0.29) is 68.9 Å². The molecule has 42 heavy (non-hydrogen) atoms. The minimum atomic E-state index is -0.720. The third-order valence-corrected chi connectivity index (χ3v) is 8.58. The molecule has 0 aromatic heterocycles. The van der Waals surface area contributed by atoms with Crippen LogP contribution in [0.2, 0.25) is 0 Å². The number of carbonyl (C=O) groups excluding carboxylic acids is 4. The molecule has 10 heteroatoms. The maximum atomic E-state index is 13.9. The van der Waals surface area contributed by atoms with Gasteiger partial charge in [0.2, 0.25) is 17.7 Å². The van der Waals surface area contributed by atoms with Crippen LogP contribution >= 0.6 is 0 Å². The van der Waals surface area contributed by atoms with Crippen LogP contribution in [0.25, 0.3) is 0 Å². The number of methoxy groups -OCH3 is 2. The lowest BCUT2D eigenvalue weighted by Gasteiger charge is -2.41. The summed E-state index contributed by atoms with van der Waals surface area (Å²) in [5.74, 6) is -0.879. The van der Waals surface area contributed by atoms with Gasteiger partial charge in [-0.15, -0.1) is 0 Å². The molecule has 1 unspecified atom stereocenters. The van der Waals surface area contributed by atoms with Gasteiger partial charge < -0.3 is 34.7 Å². The molecule has 1 aliphatic heterocycles. The molecule has 0 radical (unpaired) electrons. The number of amides is 3. The third-order valence-electron chi connectivity index (χ3n) is 8.58. The predicted molar refractivity (Wildman–Crippen MR) is 172 cm³/mol. The summed E-state index contributed by atoms with van der Waals surface area (Å²) in [4.78, 5) is 55.6. The molecule has 1 rings (SSSR count). The Bertz CT molecular complexity index is 835. The lowest BCUT2D eigenvalue weighted by molar-refractivity contribution is -0.147. The van der Waals surface area contributed by atoms with Crippen LogP contribution in [0.1, 0.15) is 90.9 Å². The van der Waals surface area contributed by atoms with E-state index in [0.29, 0.717) is 6.54 Å². The fraction of sp³-hybridized carbons (Fsp3) is 0.875. The first-order valence-electron chi connectivity index (χ1n) is 15.9. The van der Waals surface area contributed by atoms with Crippen molar-refractivity contribution < 1.29 is 31.5 Å². The molecule has 1 fully saturated rings. The molecule has 1 heterocycles. The Morgan fingerprint density at radius 3 is 2.02 bits per heavy atom. The summed E-state index contributed by atoms with van der Waals surface area (Å²) in [7, 11) is 6.62. The highest BCUT2D eigenvalue weighted by Crippen LogP contribution is 2.29. The van der Waals surface area contributed by atoms with Gasteiger partial charge in [-0.25, -0.2) is 0 Å². The minimum absolute atomic E-state index is 0. The van der Waals surface area contributed by atoms with Crippen molar-refractivity contribution in [3.05, 3.63) is 0 Å². The van der Waals surface area contributed by atoms with Gasteiger partial charge in [0.05, 0.1) is 36.8 Å². The first-order valence-corrected chi connectivity index (χ1v) is 15.9. The first-order chi connectivity index (χ1) is 19.8. The molecule has 0 spiro atoms. The normalized spacial score (nSPS) is 20.1. The van der Waals surface area contributed by atoms with Gasteiger partial charge in [0.1, 0.15) is 12.3 Å². The average molecular weight is 603 g/mol. The number of carbonyl (C=O) groups is 4. The van der Waals surface area contributed by atoms with Gasteiger partial charge in [-0.1, -0.05) is 68.7 Å². The van der Waals surface area contributed by atoms with Crippen LogP contribution in [0, 0.1) is 23.7 Å². The van der Waals surface area contributed by atoms with Crippen LogP contribution in [-0.4, -0.2) is 105 Å². The average Bonchev–Trinajstić information content (AvgIpc) is 3.45. The molecule has 8 atom stereocenters. The highest BCUT2D eigenvalue weighted by Gasteiger charge is 2.41. The molecule has 10 nitrogen and oxygen atoms in total. The van der Waals surface area contributed by atoms with Gasteiger partial charge >= 0.3 is 0 Å². The third kappa shape index (κ3) is 10.6. The molecular weight excluding hydrogens is 536 g/mol.